The zero-order chi connectivity index (χ0) is 23.4. The molecule has 6 aromatic rings. The third kappa shape index (κ3) is 3.23. The van der Waals surface area contributed by atoms with Gasteiger partial charge in [0.2, 0.25) is 0 Å². The van der Waals surface area contributed by atoms with Crippen molar-refractivity contribution in [3.8, 4) is 11.1 Å². The van der Waals surface area contributed by atoms with E-state index in [1.165, 1.54) is 5.39 Å². The second kappa shape index (κ2) is 7.55. The van der Waals surface area contributed by atoms with Crippen LogP contribution >= 0.6 is 0 Å². The van der Waals surface area contributed by atoms with Crippen molar-refractivity contribution in [2.75, 3.05) is 5.73 Å². The normalized spacial score (nSPS) is 12.6. The highest BCUT2D eigenvalue weighted by atomic mass is 15.2. The van der Waals surface area contributed by atoms with Gasteiger partial charge in [-0.1, -0.05) is 12.1 Å². The van der Waals surface area contributed by atoms with Crippen LogP contribution in [0, 0.1) is 0 Å². The second-order valence-corrected chi connectivity index (χ2v) is 8.71. The van der Waals surface area contributed by atoms with Crippen LogP contribution in [0.3, 0.4) is 0 Å². The Balaban J connectivity index is 1.59. The van der Waals surface area contributed by atoms with Gasteiger partial charge in [0, 0.05) is 68.3 Å². The number of aromatic nitrogens is 7. The molecule has 6 rings (SSSR count). The minimum Gasteiger partial charge on any atom is -0.399 e. The maximum atomic E-state index is 6.28. The van der Waals surface area contributed by atoms with Gasteiger partial charge in [-0.05, 0) is 35.2 Å². The Morgan fingerprint density at radius 2 is 1.79 bits per heavy atom. The van der Waals surface area contributed by atoms with Crippen molar-refractivity contribution in [3.63, 3.8) is 0 Å². The van der Waals surface area contributed by atoms with Crippen LogP contribution in [-0.4, -0.2) is 33.9 Å². The molecule has 0 aliphatic rings. The summed E-state index contributed by atoms with van der Waals surface area (Å²) < 4.78 is 5.92. The number of aryl methyl sites for hydroxylation is 3. The van der Waals surface area contributed by atoms with Gasteiger partial charge in [-0.15, -0.1) is 0 Å². The summed E-state index contributed by atoms with van der Waals surface area (Å²) >= 11 is 0. The quantitative estimate of drug-likeness (QED) is 0.411. The van der Waals surface area contributed by atoms with Crippen LogP contribution in [0.4, 0.5) is 5.69 Å². The van der Waals surface area contributed by atoms with Gasteiger partial charge in [-0.2, -0.15) is 5.10 Å². The minimum absolute atomic E-state index is 0.202. The molecule has 0 unspecified atom stereocenters. The standard InChI is InChI=1S/C26H24N8/c1-32-8-6-16-4-5-17(10-23(16)32)20-11-19(27)12-21-25(20)31-22(14-29-21)24(18-13-30-34(3)15-18)26-28-7-9-33(26)2/h4-15,24H,27H2,1-3H3/t24-/m1/s1. The molecule has 168 valence electrons. The monoisotopic (exact) mass is 448 g/mol. The summed E-state index contributed by atoms with van der Waals surface area (Å²) in [4.78, 5) is 14.6. The zero-order valence-electron chi connectivity index (χ0n) is 19.2. The zero-order valence-corrected chi connectivity index (χ0v) is 19.2. The van der Waals surface area contributed by atoms with Gasteiger partial charge in [-0.25, -0.2) is 9.97 Å². The van der Waals surface area contributed by atoms with Crippen LogP contribution in [0.2, 0.25) is 0 Å². The molecule has 0 fully saturated rings. The molecule has 0 spiro atoms. The smallest absolute Gasteiger partial charge is 0.122 e. The maximum absolute atomic E-state index is 6.28. The number of fused-ring (bicyclic) bond motifs is 2. The van der Waals surface area contributed by atoms with Gasteiger partial charge in [0.15, 0.2) is 0 Å². The van der Waals surface area contributed by atoms with E-state index in [2.05, 4.69) is 45.1 Å². The molecule has 34 heavy (non-hydrogen) atoms. The van der Waals surface area contributed by atoms with Crippen molar-refractivity contribution in [2.24, 2.45) is 21.1 Å². The summed E-state index contributed by atoms with van der Waals surface area (Å²) in [7, 11) is 5.94. The van der Waals surface area contributed by atoms with E-state index in [1.807, 2.05) is 62.6 Å². The summed E-state index contributed by atoms with van der Waals surface area (Å²) in [6.45, 7) is 0. The van der Waals surface area contributed by atoms with E-state index < -0.39 is 0 Å². The fraction of sp³-hybridized carbons (Fsp3) is 0.154. The highest BCUT2D eigenvalue weighted by molar-refractivity contribution is 5.97. The summed E-state index contributed by atoms with van der Waals surface area (Å²) in [6, 6.07) is 12.4. The topological polar surface area (TPSA) is 92.4 Å². The number of hydrogen-bond donors (Lipinski definition) is 1. The molecule has 0 saturated heterocycles. The van der Waals surface area contributed by atoms with Crippen LogP contribution in [0.25, 0.3) is 33.1 Å². The number of hydrogen-bond acceptors (Lipinski definition) is 5. The summed E-state index contributed by atoms with van der Waals surface area (Å²) in [6.07, 6.45) is 11.5. The molecular formula is C26H24N8. The Bertz CT molecular complexity index is 1670. The average Bonchev–Trinajstić information content (AvgIpc) is 3.55. The molecule has 2 N–H and O–H groups in total. The molecule has 2 aromatic carbocycles. The lowest BCUT2D eigenvalue weighted by Crippen LogP contribution is -2.11. The van der Waals surface area contributed by atoms with Crippen molar-refractivity contribution in [2.45, 2.75) is 5.92 Å². The highest BCUT2D eigenvalue weighted by Crippen LogP contribution is 2.34. The van der Waals surface area contributed by atoms with Gasteiger partial charge >= 0.3 is 0 Å². The Morgan fingerprint density at radius 1 is 0.912 bits per heavy atom. The molecule has 0 radical (unpaired) electrons. The van der Waals surface area contributed by atoms with Crippen LogP contribution < -0.4 is 5.73 Å². The van der Waals surface area contributed by atoms with Crippen molar-refractivity contribution in [1.82, 2.24) is 33.9 Å². The maximum Gasteiger partial charge on any atom is 0.122 e. The molecule has 4 heterocycles. The number of imidazole rings is 1. The van der Waals surface area contributed by atoms with Crippen molar-refractivity contribution in [3.05, 3.63) is 90.7 Å². The van der Waals surface area contributed by atoms with Crippen LogP contribution in [-0.2, 0) is 21.1 Å². The first-order valence-corrected chi connectivity index (χ1v) is 11.1. The number of rotatable bonds is 4. The van der Waals surface area contributed by atoms with Gasteiger partial charge < -0.3 is 14.9 Å². The summed E-state index contributed by atoms with van der Waals surface area (Å²) in [5, 5.41) is 5.58. The van der Waals surface area contributed by atoms with Crippen molar-refractivity contribution >= 4 is 27.6 Å². The Morgan fingerprint density at radius 3 is 2.56 bits per heavy atom. The first kappa shape index (κ1) is 20.2. The van der Waals surface area contributed by atoms with Gasteiger partial charge in [0.25, 0.3) is 0 Å². The third-order valence-corrected chi connectivity index (χ3v) is 6.36. The number of nitrogens with two attached hydrogens (primary N) is 1. The fourth-order valence-corrected chi connectivity index (χ4v) is 4.64. The van der Waals surface area contributed by atoms with Crippen molar-refractivity contribution in [1.29, 1.82) is 0 Å². The third-order valence-electron chi connectivity index (χ3n) is 6.36. The molecule has 0 saturated carbocycles. The Labute approximate surface area is 196 Å². The molecule has 4 aromatic heterocycles. The predicted octanol–water partition coefficient (Wildman–Crippen LogP) is 4.02. The van der Waals surface area contributed by atoms with Crippen LogP contribution in [0.1, 0.15) is 23.0 Å². The predicted molar refractivity (Wildman–Crippen MR) is 133 cm³/mol. The molecule has 0 aliphatic carbocycles. The molecule has 0 bridgehead atoms. The summed E-state index contributed by atoms with van der Waals surface area (Å²) in [5.41, 5.74) is 13.5. The molecule has 0 aliphatic heterocycles. The van der Waals surface area contributed by atoms with E-state index in [4.69, 9.17) is 15.7 Å². The van der Waals surface area contributed by atoms with Crippen molar-refractivity contribution < 1.29 is 0 Å². The van der Waals surface area contributed by atoms with E-state index in [0.717, 1.165) is 44.8 Å². The first-order chi connectivity index (χ1) is 16.5. The van der Waals surface area contributed by atoms with E-state index in [-0.39, 0.29) is 5.92 Å². The summed E-state index contributed by atoms with van der Waals surface area (Å²) in [5.74, 6) is 0.676. The molecule has 0 amide bonds. The van der Waals surface area contributed by atoms with E-state index >= 15 is 0 Å². The Kier molecular flexibility index (Phi) is 4.48. The van der Waals surface area contributed by atoms with Gasteiger partial charge in [0.1, 0.15) is 5.82 Å². The molecular weight excluding hydrogens is 424 g/mol. The number of benzene rings is 2. The second-order valence-electron chi connectivity index (χ2n) is 8.71. The molecule has 8 nitrogen and oxygen atoms in total. The van der Waals surface area contributed by atoms with E-state index in [0.29, 0.717) is 5.69 Å². The van der Waals surface area contributed by atoms with Gasteiger partial charge in [0.05, 0.1) is 35.0 Å². The largest absolute Gasteiger partial charge is 0.399 e. The minimum atomic E-state index is -0.202. The fourth-order valence-electron chi connectivity index (χ4n) is 4.64. The van der Waals surface area contributed by atoms with Crippen LogP contribution in [0.5, 0.6) is 0 Å². The lowest BCUT2D eigenvalue weighted by molar-refractivity contribution is 0.743. The number of nitrogen functional groups attached to an aromatic ring is 1. The lowest BCUT2D eigenvalue weighted by Gasteiger charge is -2.16. The lowest BCUT2D eigenvalue weighted by atomic mass is 9.97. The van der Waals surface area contributed by atoms with Gasteiger partial charge in [-0.3, -0.25) is 9.67 Å². The van der Waals surface area contributed by atoms with E-state index in [9.17, 15) is 0 Å². The number of nitrogens with zero attached hydrogens (tertiary/aromatic N) is 7. The number of anilines is 1. The molecule has 8 heteroatoms. The SMILES string of the molecule is Cn1cc([C@H](c2cnc3cc(N)cc(-c4ccc5ccn(C)c5c4)c3n2)c2nccn2C)cn1. The molecule has 1 atom stereocenters. The average molecular weight is 449 g/mol. The first-order valence-electron chi connectivity index (χ1n) is 11.1. The highest BCUT2D eigenvalue weighted by Gasteiger charge is 2.25. The van der Waals surface area contributed by atoms with Crippen LogP contribution in [0.15, 0.2) is 73.6 Å². The van der Waals surface area contributed by atoms with E-state index in [1.54, 1.807) is 10.9 Å². The Hall–Kier alpha value is -4.46.